The van der Waals surface area contributed by atoms with Gasteiger partial charge in [-0.2, -0.15) is 0 Å². The van der Waals surface area contributed by atoms with E-state index in [0.29, 0.717) is 5.02 Å². The van der Waals surface area contributed by atoms with E-state index in [2.05, 4.69) is 26.9 Å². The third-order valence-corrected chi connectivity index (χ3v) is 4.57. The van der Waals surface area contributed by atoms with E-state index in [9.17, 15) is 0 Å². The number of H-pyrrole nitrogens is 1. The zero-order chi connectivity index (χ0) is 17.9. The molecule has 130 valence electrons. The topological polar surface area (TPSA) is 59.4 Å². The van der Waals surface area contributed by atoms with Gasteiger partial charge in [-0.15, -0.1) is 0 Å². The predicted octanol–water partition coefficient (Wildman–Crippen LogP) is 4.66. The number of aromatic amines is 1. The molecular weight excluding hydrogens is 346 g/mol. The van der Waals surface area contributed by atoms with Gasteiger partial charge in [0.2, 0.25) is 0 Å². The first kappa shape index (κ1) is 16.5. The highest BCUT2D eigenvalue weighted by molar-refractivity contribution is 6.30. The Morgan fingerprint density at radius 2 is 2.00 bits per heavy atom. The number of nitrogens with one attached hydrogen (secondary N) is 1. The lowest BCUT2D eigenvalue weighted by molar-refractivity contribution is 0.724. The number of pyridine rings is 1. The molecule has 0 amide bonds. The molecule has 3 aromatic heterocycles. The average molecular weight is 364 g/mol. The second-order valence-corrected chi connectivity index (χ2v) is 6.72. The molecule has 0 fully saturated rings. The van der Waals surface area contributed by atoms with E-state index >= 15 is 0 Å². The normalized spacial score (nSPS) is 12.2. The number of hydrogen-bond acceptors (Lipinski definition) is 3. The van der Waals surface area contributed by atoms with Crippen LogP contribution in [0.4, 0.5) is 0 Å². The quantitative estimate of drug-likeness (QED) is 0.561. The maximum absolute atomic E-state index is 6.07. The molecule has 0 saturated carbocycles. The minimum atomic E-state index is 0.279. The van der Waals surface area contributed by atoms with E-state index in [0.717, 1.165) is 34.9 Å². The third kappa shape index (κ3) is 3.53. The van der Waals surface area contributed by atoms with E-state index in [1.54, 1.807) is 12.4 Å². The van der Waals surface area contributed by atoms with Crippen LogP contribution < -0.4 is 0 Å². The number of hydrogen-bond donors (Lipinski definition) is 1. The molecule has 3 heterocycles. The monoisotopic (exact) mass is 363 g/mol. The summed E-state index contributed by atoms with van der Waals surface area (Å²) in [5, 5.41) is 0.715. The van der Waals surface area contributed by atoms with Crippen molar-refractivity contribution < 1.29 is 0 Å². The molecule has 0 aliphatic heterocycles. The zero-order valence-electron chi connectivity index (χ0n) is 14.3. The fraction of sp³-hybridized carbons (Fsp3) is 0.150. The molecule has 0 aliphatic carbocycles. The van der Waals surface area contributed by atoms with Crippen LogP contribution in [-0.2, 0) is 6.42 Å². The maximum Gasteiger partial charge on any atom is 0.137 e. The van der Waals surface area contributed by atoms with Crippen molar-refractivity contribution in [2.45, 2.75) is 19.3 Å². The number of nitrogens with zero attached hydrogens (tertiary/aromatic N) is 4. The van der Waals surface area contributed by atoms with Gasteiger partial charge in [-0.25, -0.2) is 9.97 Å². The van der Waals surface area contributed by atoms with Crippen molar-refractivity contribution in [3.8, 4) is 17.1 Å². The van der Waals surface area contributed by atoms with E-state index in [-0.39, 0.29) is 5.92 Å². The summed E-state index contributed by atoms with van der Waals surface area (Å²) in [4.78, 5) is 16.5. The minimum Gasteiger partial charge on any atom is -0.342 e. The first-order valence-electron chi connectivity index (χ1n) is 8.43. The molecular formula is C20H18ClN5. The second-order valence-electron chi connectivity index (χ2n) is 6.28. The molecule has 4 rings (SSSR count). The van der Waals surface area contributed by atoms with E-state index in [4.69, 9.17) is 11.6 Å². The van der Waals surface area contributed by atoms with Gasteiger partial charge in [-0.3, -0.25) is 4.98 Å². The summed E-state index contributed by atoms with van der Waals surface area (Å²) in [6.45, 7) is 2.17. The average Bonchev–Trinajstić information content (AvgIpc) is 3.32. The van der Waals surface area contributed by atoms with Crippen molar-refractivity contribution >= 4 is 11.6 Å². The van der Waals surface area contributed by atoms with Crippen molar-refractivity contribution in [3.63, 3.8) is 0 Å². The lowest BCUT2D eigenvalue weighted by Gasteiger charge is -2.07. The minimum absolute atomic E-state index is 0.279. The van der Waals surface area contributed by atoms with E-state index in [1.807, 2.05) is 59.7 Å². The van der Waals surface area contributed by atoms with Gasteiger partial charge in [-0.1, -0.05) is 24.6 Å². The molecule has 0 saturated heterocycles. The van der Waals surface area contributed by atoms with E-state index in [1.165, 1.54) is 0 Å². The SMILES string of the molecule is CC(Cc1cn(-c2cccc(Cl)c2)cn1)c1cnc(-c2ccncc2)[nH]1. The molecule has 1 atom stereocenters. The summed E-state index contributed by atoms with van der Waals surface area (Å²) in [6.07, 6.45) is 10.1. The van der Waals surface area contributed by atoms with Crippen LogP contribution in [0.25, 0.3) is 17.1 Å². The largest absolute Gasteiger partial charge is 0.342 e. The van der Waals surface area contributed by atoms with Crippen molar-refractivity contribution in [1.29, 1.82) is 0 Å². The van der Waals surface area contributed by atoms with Gasteiger partial charge < -0.3 is 9.55 Å². The summed E-state index contributed by atoms with van der Waals surface area (Å²) in [6, 6.07) is 11.6. The molecule has 0 aliphatic rings. The fourth-order valence-electron chi connectivity index (χ4n) is 2.91. The van der Waals surface area contributed by atoms with Gasteiger partial charge in [0.1, 0.15) is 5.82 Å². The fourth-order valence-corrected chi connectivity index (χ4v) is 3.10. The first-order valence-corrected chi connectivity index (χ1v) is 8.81. The van der Waals surface area contributed by atoms with Gasteiger partial charge in [0.15, 0.2) is 0 Å². The summed E-state index contributed by atoms with van der Waals surface area (Å²) in [5.41, 5.74) is 4.15. The molecule has 5 nitrogen and oxygen atoms in total. The number of aromatic nitrogens is 5. The summed E-state index contributed by atoms with van der Waals surface area (Å²) < 4.78 is 1.99. The Morgan fingerprint density at radius 3 is 2.81 bits per heavy atom. The van der Waals surface area contributed by atoms with E-state index < -0.39 is 0 Å². The molecule has 0 bridgehead atoms. The Kier molecular flexibility index (Phi) is 4.54. The summed E-state index contributed by atoms with van der Waals surface area (Å²) >= 11 is 6.07. The zero-order valence-corrected chi connectivity index (χ0v) is 15.1. The van der Waals surface area contributed by atoms with Gasteiger partial charge in [0, 0.05) is 52.7 Å². The Balaban J connectivity index is 1.49. The predicted molar refractivity (Wildman–Crippen MR) is 103 cm³/mol. The van der Waals surface area contributed by atoms with Gasteiger partial charge >= 0.3 is 0 Å². The number of benzene rings is 1. The van der Waals surface area contributed by atoms with Crippen LogP contribution in [0.15, 0.2) is 67.5 Å². The standard InChI is InChI=1S/C20H18ClN5/c1-14(19-11-23-20(25-19)15-5-7-22-8-6-15)9-17-12-26(13-24-17)18-4-2-3-16(21)10-18/h2-8,10-14H,9H2,1H3,(H,23,25). The van der Waals surface area contributed by atoms with Crippen LogP contribution in [-0.4, -0.2) is 24.5 Å². The van der Waals surface area contributed by atoms with Crippen LogP contribution >= 0.6 is 11.6 Å². The lowest BCUT2D eigenvalue weighted by atomic mass is 10.0. The highest BCUT2D eigenvalue weighted by atomic mass is 35.5. The van der Waals surface area contributed by atoms with Crippen molar-refractivity contribution in [1.82, 2.24) is 24.5 Å². The van der Waals surface area contributed by atoms with Crippen LogP contribution in [0.1, 0.15) is 24.2 Å². The van der Waals surface area contributed by atoms with Crippen LogP contribution in [0.5, 0.6) is 0 Å². The molecule has 1 N–H and O–H groups in total. The Bertz CT molecular complexity index is 1010. The van der Waals surface area contributed by atoms with Gasteiger partial charge in [0.25, 0.3) is 0 Å². The van der Waals surface area contributed by atoms with Crippen LogP contribution in [0.2, 0.25) is 5.02 Å². The maximum atomic E-state index is 6.07. The molecule has 6 heteroatoms. The molecule has 1 unspecified atom stereocenters. The molecule has 1 aromatic carbocycles. The summed E-state index contributed by atoms with van der Waals surface area (Å²) in [7, 11) is 0. The highest BCUT2D eigenvalue weighted by Gasteiger charge is 2.13. The molecule has 26 heavy (non-hydrogen) atoms. The third-order valence-electron chi connectivity index (χ3n) is 4.34. The number of imidazole rings is 2. The van der Waals surface area contributed by atoms with Crippen molar-refractivity contribution in [2.75, 3.05) is 0 Å². The first-order chi connectivity index (χ1) is 12.7. The van der Waals surface area contributed by atoms with Gasteiger partial charge in [-0.05, 0) is 36.8 Å². The lowest BCUT2D eigenvalue weighted by Crippen LogP contribution is -1.99. The van der Waals surface area contributed by atoms with Crippen molar-refractivity contribution in [2.24, 2.45) is 0 Å². The Hall–Kier alpha value is -2.92. The Morgan fingerprint density at radius 1 is 1.15 bits per heavy atom. The smallest absolute Gasteiger partial charge is 0.137 e. The molecule has 4 aromatic rings. The van der Waals surface area contributed by atoms with Gasteiger partial charge in [0.05, 0.1) is 12.0 Å². The number of rotatable bonds is 5. The van der Waals surface area contributed by atoms with Crippen molar-refractivity contribution in [3.05, 3.63) is 83.9 Å². The highest BCUT2D eigenvalue weighted by Crippen LogP contribution is 2.22. The summed E-state index contributed by atoms with van der Waals surface area (Å²) in [5.74, 6) is 1.14. The molecule has 0 spiro atoms. The van der Waals surface area contributed by atoms with Crippen LogP contribution in [0, 0.1) is 0 Å². The van der Waals surface area contributed by atoms with Crippen LogP contribution in [0.3, 0.4) is 0 Å². The molecule has 0 radical (unpaired) electrons. The second kappa shape index (κ2) is 7.14. The Labute approximate surface area is 156 Å². The number of halogens is 1.